The van der Waals surface area contributed by atoms with Crippen molar-refractivity contribution in [1.82, 2.24) is 14.7 Å². The summed E-state index contributed by atoms with van der Waals surface area (Å²) in [6.07, 6.45) is 0. The molecule has 1 heterocycles. The molecule has 0 aromatic rings. The number of carbonyl (C=O) groups is 1. The van der Waals surface area contributed by atoms with E-state index in [1.54, 1.807) is 4.90 Å². The first-order valence-corrected chi connectivity index (χ1v) is 6.57. The molecule has 1 atom stereocenters. The summed E-state index contributed by atoms with van der Waals surface area (Å²) in [5.41, 5.74) is 0. The van der Waals surface area contributed by atoms with E-state index in [4.69, 9.17) is 5.26 Å². The van der Waals surface area contributed by atoms with Crippen LogP contribution in [-0.4, -0.2) is 72.5 Å². The van der Waals surface area contributed by atoms with Gasteiger partial charge in [-0.05, 0) is 20.8 Å². The number of piperazine rings is 1. The van der Waals surface area contributed by atoms with Gasteiger partial charge in [-0.15, -0.1) is 0 Å². The Hall–Kier alpha value is -1.12. The van der Waals surface area contributed by atoms with Crippen molar-refractivity contribution in [3.8, 4) is 6.07 Å². The zero-order valence-electron chi connectivity index (χ0n) is 11.9. The van der Waals surface area contributed by atoms with Gasteiger partial charge in [0.05, 0.1) is 18.7 Å². The molecule has 5 heteroatoms. The van der Waals surface area contributed by atoms with Crippen LogP contribution in [0.4, 0.5) is 0 Å². The molecule has 0 N–H and O–H groups in total. The van der Waals surface area contributed by atoms with Crippen LogP contribution in [0.2, 0.25) is 0 Å². The van der Waals surface area contributed by atoms with Gasteiger partial charge in [-0.25, -0.2) is 0 Å². The lowest BCUT2D eigenvalue weighted by Gasteiger charge is -2.36. The van der Waals surface area contributed by atoms with Crippen LogP contribution in [0.25, 0.3) is 0 Å². The molecule has 0 bridgehead atoms. The highest BCUT2D eigenvalue weighted by molar-refractivity contribution is 5.78. The monoisotopic (exact) mass is 252 g/mol. The fourth-order valence-electron chi connectivity index (χ4n) is 1.98. The van der Waals surface area contributed by atoms with Gasteiger partial charge in [0, 0.05) is 39.3 Å². The minimum atomic E-state index is -0.0267. The molecule has 5 nitrogen and oxygen atoms in total. The van der Waals surface area contributed by atoms with Crippen molar-refractivity contribution in [1.29, 1.82) is 5.26 Å². The lowest BCUT2D eigenvalue weighted by Crippen LogP contribution is -2.52. The number of rotatable bonds is 4. The van der Waals surface area contributed by atoms with E-state index in [0.29, 0.717) is 6.54 Å². The Balaban J connectivity index is 2.36. The fourth-order valence-corrected chi connectivity index (χ4v) is 1.98. The van der Waals surface area contributed by atoms with Crippen LogP contribution in [0, 0.1) is 11.3 Å². The molecule has 1 saturated heterocycles. The maximum Gasteiger partial charge on any atom is 0.236 e. The van der Waals surface area contributed by atoms with Crippen LogP contribution in [0.15, 0.2) is 0 Å². The molecule has 102 valence electrons. The maximum atomic E-state index is 11.9. The van der Waals surface area contributed by atoms with E-state index in [1.807, 2.05) is 27.8 Å². The van der Waals surface area contributed by atoms with Crippen LogP contribution in [0.1, 0.15) is 20.8 Å². The van der Waals surface area contributed by atoms with Gasteiger partial charge in [0.15, 0.2) is 0 Å². The summed E-state index contributed by atoms with van der Waals surface area (Å²) in [7, 11) is 1.85. The fraction of sp³-hybridized carbons (Fsp3) is 0.846. The largest absolute Gasteiger partial charge is 0.342 e. The van der Waals surface area contributed by atoms with Gasteiger partial charge in [0.25, 0.3) is 0 Å². The van der Waals surface area contributed by atoms with E-state index in [0.717, 1.165) is 26.2 Å². The Morgan fingerprint density at radius 1 is 1.28 bits per heavy atom. The second-order valence-corrected chi connectivity index (χ2v) is 5.22. The molecule has 0 aromatic carbocycles. The number of nitrogens with zero attached hydrogens (tertiary/aromatic N) is 4. The molecule has 1 rings (SSSR count). The summed E-state index contributed by atoms with van der Waals surface area (Å²) in [4.78, 5) is 18.1. The van der Waals surface area contributed by atoms with Crippen molar-refractivity contribution in [2.45, 2.75) is 32.9 Å². The number of hydrogen-bond donors (Lipinski definition) is 0. The SMILES string of the molecule is CC(C#N)N1CCN(CC(=O)N(C)C(C)C)CC1. The molecule has 0 aromatic heterocycles. The Bertz CT molecular complexity index is 315. The molecule has 0 saturated carbocycles. The first-order chi connectivity index (χ1) is 8.45. The molecule has 1 fully saturated rings. The molecular formula is C13H24N4O. The Morgan fingerprint density at radius 2 is 1.83 bits per heavy atom. The summed E-state index contributed by atoms with van der Waals surface area (Å²) < 4.78 is 0. The van der Waals surface area contributed by atoms with Gasteiger partial charge < -0.3 is 4.90 Å². The number of hydrogen-bond acceptors (Lipinski definition) is 4. The highest BCUT2D eigenvalue weighted by Crippen LogP contribution is 2.06. The van der Waals surface area contributed by atoms with Gasteiger partial charge in [0.1, 0.15) is 0 Å². The molecule has 0 aliphatic carbocycles. The van der Waals surface area contributed by atoms with Crippen LogP contribution in [0.3, 0.4) is 0 Å². The zero-order valence-corrected chi connectivity index (χ0v) is 11.9. The predicted octanol–water partition coefficient (Wildman–Crippen LogP) is 0.383. The Kier molecular flexibility index (Phi) is 5.57. The molecule has 18 heavy (non-hydrogen) atoms. The third-order valence-corrected chi connectivity index (χ3v) is 3.67. The van der Waals surface area contributed by atoms with E-state index in [1.165, 1.54) is 0 Å². The standard InChI is InChI=1S/C13H24N4O/c1-11(2)15(4)13(18)10-16-5-7-17(8-6-16)12(3)9-14/h11-12H,5-8,10H2,1-4H3. The van der Waals surface area contributed by atoms with Crippen molar-refractivity contribution in [2.24, 2.45) is 0 Å². The molecule has 1 aliphatic rings. The van der Waals surface area contributed by atoms with Gasteiger partial charge in [0.2, 0.25) is 5.91 Å². The minimum absolute atomic E-state index is 0.0267. The topological polar surface area (TPSA) is 50.6 Å². The lowest BCUT2D eigenvalue weighted by molar-refractivity contribution is -0.133. The highest BCUT2D eigenvalue weighted by Gasteiger charge is 2.23. The lowest BCUT2D eigenvalue weighted by atomic mass is 10.2. The Morgan fingerprint density at radius 3 is 2.28 bits per heavy atom. The maximum absolute atomic E-state index is 11.9. The summed E-state index contributed by atoms with van der Waals surface area (Å²) >= 11 is 0. The molecular weight excluding hydrogens is 228 g/mol. The van der Waals surface area contributed by atoms with Crippen LogP contribution in [0.5, 0.6) is 0 Å². The van der Waals surface area contributed by atoms with Gasteiger partial charge in [-0.2, -0.15) is 5.26 Å². The van der Waals surface area contributed by atoms with E-state index in [9.17, 15) is 4.79 Å². The van der Waals surface area contributed by atoms with E-state index < -0.39 is 0 Å². The number of likely N-dealkylation sites (N-methyl/N-ethyl adjacent to an activating group) is 1. The first-order valence-electron chi connectivity index (χ1n) is 6.57. The van der Waals surface area contributed by atoms with Crippen molar-refractivity contribution >= 4 is 5.91 Å². The van der Waals surface area contributed by atoms with E-state index in [-0.39, 0.29) is 18.0 Å². The quantitative estimate of drug-likeness (QED) is 0.726. The van der Waals surface area contributed by atoms with Crippen molar-refractivity contribution in [3.05, 3.63) is 0 Å². The zero-order chi connectivity index (χ0) is 13.7. The molecule has 1 aliphatic heterocycles. The summed E-state index contributed by atoms with van der Waals surface area (Å²) in [5, 5.41) is 8.87. The average Bonchev–Trinajstić information content (AvgIpc) is 2.37. The third kappa shape index (κ3) is 3.97. The van der Waals surface area contributed by atoms with Gasteiger partial charge in [-0.3, -0.25) is 14.6 Å². The van der Waals surface area contributed by atoms with Crippen LogP contribution >= 0.6 is 0 Å². The molecule has 1 unspecified atom stereocenters. The van der Waals surface area contributed by atoms with Crippen molar-refractivity contribution < 1.29 is 4.79 Å². The van der Waals surface area contributed by atoms with E-state index in [2.05, 4.69) is 15.9 Å². The Labute approximate surface area is 110 Å². The summed E-state index contributed by atoms with van der Waals surface area (Å²) in [6.45, 7) is 9.92. The second kappa shape index (κ2) is 6.72. The summed E-state index contributed by atoms with van der Waals surface area (Å²) in [6, 6.07) is 2.48. The molecule has 1 amide bonds. The van der Waals surface area contributed by atoms with Gasteiger partial charge in [-0.1, -0.05) is 0 Å². The highest BCUT2D eigenvalue weighted by atomic mass is 16.2. The van der Waals surface area contributed by atoms with E-state index >= 15 is 0 Å². The second-order valence-electron chi connectivity index (χ2n) is 5.22. The first kappa shape index (κ1) is 14.9. The predicted molar refractivity (Wildman–Crippen MR) is 71.0 cm³/mol. The molecule has 0 spiro atoms. The number of nitriles is 1. The average molecular weight is 252 g/mol. The minimum Gasteiger partial charge on any atom is -0.342 e. The van der Waals surface area contributed by atoms with Gasteiger partial charge >= 0.3 is 0 Å². The number of amides is 1. The van der Waals surface area contributed by atoms with Crippen LogP contribution in [-0.2, 0) is 4.79 Å². The van der Waals surface area contributed by atoms with Crippen molar-refractivity contribution in [3.63, 3.8) is 0 Å². The van der Waals surface area contributed by atoms with Crippen LogP contribution < -0.4 is 0 Å². The normalized spacial score (nSPS) is 19.6. The molecule has 0 radical (unpaired) electrons. The van der Waals surface area contributed by atoms with Crippen molar-refractivity contribution in [2.75, 3.05) is 39.8 Å². The number of carbonyl (C=O) groups excluding carboxylic acids is 1. The summed E-state index contributed by atoms with van der Waals surface area (Å²) in [5.74, 6) is 0.173. The third-order valence-electron chi connectivity index (χ3n) is 3.67. The smallest absolute Gasteiger partial charge is 0.236 e.